The van der Waals surface area contributed by atoms with E-state index in [1.165, 1.54) is 0 Å². The van der Waals surface area contributed by atoms with E-state index in [9.17, 15) is 9.90 Å². The van der Waals surface area contributed by atoms with Gasteiger partial charge in [-0.05, 0) is 36.8 Å². The minimum Gasteiger partial charge on any atom is -0.388 e. The molecular weight excluding hydrogens is 274 g/mol. The average Bonchev–Trinajstić information content (AvgIpc) is 3.16. The summed E-state index contributed by atoms with van der Waals surface area (Å²) < 4.78 is 0. The molecule has 1 saturated carbocycles. The number of halogens is 1. The molecule has 1 aliphatic carbocycles. The van der Waals surface area contributed by atoms with Gasteiger partial charge in [0.1, 0.15) is 0 Å². The van der Waals surface area contributed by atoms with Crippen molar-refractivity contribution in [2.24, 2.45) is 11.8 Å². The third kappa shape index (κ3) is 3.33. The maximum atomic E-state index is 12.1. The van der Waals surface area contributed by atoms with Crippen LogP contribution in [0.25, 0.3) is 0 Å². The first-order valence-corrected chi connectivity index (χ1v) is 7.45. The second-order valence-electron chi connectivity index (χ2n) is 6.20. The zero-order valence-electron chi connectivity index (χ0n) is 12.2. The fourth-order valence-corrected chi connectivity index (χ4v) is 2.48. The van der Waals surface area contributed by atoms with E-state index in [4.69, 9.17) is 11.6 Å². The molecule has 1 aromatic rings. The van der Waals surface area contributed by atoms with Gasteiger partial charge in [0.2, 0.25) is 5.91 Å². The molecule has 20 heavy (non-hydrogen) atoms. The maximum absolute atomic E-state index is 12.1. The van der Waals surface area contributed by atoms with Gasteiger partial charge in [0.25, 0.3) is 0 Å². The van der Waals surface area contributed by atoms with Crippen LogP contribution >= 0.6 is 11.6 Å². The molecule has 1 aromatic carbocycles. The van der Waals surface area contributed by atoms with E-state index in [0.717, 1.165) is 17.0 Å². The van der Waals surface area contributed by atoms with Gasteiger partial charge in [-0.3, -0.25) is 4.79 Å². The van der Waals surface area contributed by atoms with Crippen LogP contribution in [0.1, 0.15) is 38.7 Å². The molecule has 0 aromatic heterocycles. The summed E-state index contributed by atoms with van der Waals surface area (Å²) in [4.78, 5) is 12.1. The smallest absolute Gasteiger partial charge is 0.223 e. The van der Waals surface area contributed by atoms with E-state index in [1.54, 1.807) is 6.92 Å². The van der Waals surface area contributed by atoms with Crippen molar-refractivity contribution < 1.29 is 9.90 Å². The SMILES string of the molecule is CC(C)C(C)(O)CNC(=O)C1CC1c1ccccc1Cl. The molecule has 4 heteroatoms. The fourth-order valence-electron chi connectivity index (χ4n) is 2.21. The number of carbonyl (C=O) groups excluding carboxylic acids is 1. The summed E-state index contributed by atoms with van der Waals surface area (Å²) in [5, 5.41) is 13.7. The van der Waals surface area contributed by atoms with Crippen LogP contribution < -0.4 is 5.32 Å². The zero-order chi connectivity index (χ0) is 14.9. The summed E-state index contributed by atoms with van der Waals surface area (Å²) in [7, 11) is 0. The van der Waals surface area contributed by atoms with Gasteiger partial charge in [0.15, 0.2) is 0 Å². The number of hydrogen-bond donors (Lipinski definition) is 2. The number of rotatable bonds is 5. The van der Waals surface area contributed by atoms with E-state index < -0.39 is 5.60 Å². The topological polar surface area (TPSA) is 49.3 Å². The summed E-state index contributed by atoms with van der Waals surface area (Å²) in [6.07, 6.45) is 0.833. The van der Waals surface area contributed by atoms with Gasteiger partial charge < -0.3 is 10.4 Å². The second kappa shape index (κ2) is 5.74. The lowest BCUT2D eigenvalue weighted by Crippen LogP contribution is -2.44. The van der Waals surface area contributed by atoms with Crippen molar-refractivity contribution in [3.05, 3.63) is 34.9 Å². The summed E-state index contributed by atoms with van der Waals surface area (Å²) in [6.45, 7) is 5.91. The molecule has 0 radical (unpaired) electrons. The lowest BCUT2D eigenvalue weighted by atomic mass is 9.92. The first-order valence-electron chi connectivity index (χ1n) is 7.07. The van der Waals surface area contributed by atoms with Crippen molar-refractivity contribution >= 4 is 17.5 Å². The quantitative estimate of drug-likeness (QED) is 0.877. The molecule has 1 aliphatic rings. The van der Waals surface area contributed by atoms with E-state index in [-0.39, 0.29) is 30.2 Å². The lowest BCUT2D eigenvalue weighted by molar-refractivity contribution is -0.124. The summed E-state index contributed by atoms with van der Waals surface area (Å²) in [5.41, 5.74) is 0.176. The van der Waals surface area contributed by atoms with Crippen molar-refractivity contribution in [3.63, 3.8) is 0 Å². The monoisotopic (exact) mass is 295 g/mol. The van der Waals surface area contributed by atoms with Crippen LogP contribution in [0.2, 0.25) is 5.02 Å². The van der Waals surface area contributed by atoms with Crippen LogP contribution in [0.15, 0.2) is 24.3 Å². The molecule has 0 heterocycles. The molecule has 2 rings (SSSR count). The van der Waals surface area contributed by atoms with Gasteiger partial charge in [0, 0.05) is 17.5 Å². The molecule has 0 aliphatic heterocycles. The van der Waals surface area contributed by atoms with Crippen molar-refractivity contribution in [2.45, 2.75) is 38.7 Å². The molecule has 1 fully saturated rings. The molecule has 0 saturated heterocycles. The van der Waals surface area contributed by atoms with E-state index in [1.807, 2.05) is 38.1 Å². The standard InChI is InChI=1S/C16H22ClNO2/c1-10(2)16(3,20)9-18-15(19)13-8-12(13)11-6-4-5-7-14(11)17/h4-7,10,12-13,20H,8-9H2,1-3H3,(H,18,19). The molecule has 3 unspecified atom stereocenters. The highest BCUT2D eigenvalue weighted by Gasteiger charge is 2.45. The Morgan fingerprint density at radius 1 is 1.50 bits per heavy atom. The molecular formula is C16H22ClNO2. The van der Waals surface area contributed by atoms with Crippen molar-refractivity contribution in [2.75, 3.05) is 6.54 Å². The fraction of sp³-hybridized carbons (Fsp3) is 0.562. The van der Waals surface area contributed by atoms with Crippen molar-refractivity contribution in [1.82, 2.24) is 5.32 Å². The third-order valence-corrected chi connectivity index (χ3v) is 4.64. The number of nitrogens with one attached hydrogen (secondary N) is 1. The second-order valence-corrected chi connectivity index (χ2v) is 6.61. The van der Waals surface area contributed by atoms with Crippen LogP contribution in [0.3, 0.4) is 0 Å². The zero-order valence-corrected chi connectivity index (χ0v) is 12.9. The predicted octanol–water partition coefficient (Wildman–Crippen LogP) is 2.97. The predicted molar refractivity (Wildman–Crippen MR) is 80.8 cm³/mol. The van der Waals surface area contributed by atoms with Crippen LogP contribution in [-0.2, 0) is 4.79 Å². The summed E-state index contributed by atoms with van der Waals surface area (Å²) in [6, 6.07) is 7.67. The highest BCUT2D eigenvalue weighted by atomic mass is 35.5. The normalized spacial score (nSPS) is 24.3. The van der Waals surface area contributed by atoms with Crippen molar-refractivity contribution in [3.8, 4) is 0 Å². The molecule has 0 spiro atoms. The van der Waals surface area contributed by atoms with Crippen LogP contribution in [0.4, 0.5) is 0 Å². The van der Waals surface area contributed by atoms with Crippen LogP contribution in [-0.4, -0.2) is 23.2 Å². The Balaban J connectivity index is 1.90. The first-order chi connectivity index (χ1) is 9.33. The Bertz CT molecular complexity index is 499. The highest BCUT2D eigenvalue weighted by Crippen LogP contribution is 2.49. The number of aliphatic hydroxyl groups is 1. The van der Waals surface area contributed by atoms with E-state index in [0.29, 0.717) is 0 Å². The van der Waals surface area contributed by atoms with E-state index >= 15 is 0 Å². The van der Waals surface area contributed by atoms with Gasteiger partial charge in [-0.2, -0.15) is 0 Å². The Hall–Kier alpha value is -1.06. The molecule has 0 bridgehead atoms. The number of amides is 1. The minimum absolute atomic E-state index is 0.0100. The Morgan fingerprint density at radius 3 is 2.75 bits per heavy atom. The summed E-state index contributed by atoms with van der Waals surface area (Å²) >= 11 is 6.15. The highest BCUT2D eigenvalue weighted by molar-refractivity contribution is 6.31. The van der Waals surface area contributed by atoms with Crippen molar-refractivity contribution in [1.29, 1.82) is 0 Å². The third-order valence-electron chi connectivity index (χ3n) is 4.30. The average molecular weight is 296 g/mol. The molecule has 110 valence electrons. The molecule has 2 N–H and O–H groups in total. The minimum atomic E-state index is -0.871. The van der Waals surface area contributed by atoms with Gasteiger partial charge in [-0.1, -0.05) is 43.6 Å². The number of benzene rings is 1. The number of hydrogen-bond acceptors (Lipinski definition) is 2. The lowest BCUT2D eigenvalue weighted by Gasteiger charge is -2.27. The van der Waals surface area contributed by atoms with Gasteiger partial charge in [0.05, 0.1) is 5.60 Å². The Labute approximate surface area is 125 Å². The van der Waals surface area contributed by atoms with Gasteiger partial charge >= 0.3 is 0 Å². The Kier molecular flexibility index (Phi) is 4.40. The molecule has 3 nitrogen and oxygen atoms in total. The van der Waals surface area contributed by atoms with Gasteiger partial charge in [-0.25, -0.2) is 0 Å². The van der Waals surface area contributed by atoms with Crippen LogP contribution in [0.5, 0.6) is 0 Å². The van der Waals surface area contributed by atoms with Crippen LogP contribution in [0, 0.1) is 11.8 Å². The molecule has 3 atom stereocenters. The maximum Gasteiger partial charge on any atom is 0.223 e. The first kappa shape index (κ1) is 15.3. The Morgan fingerprint density at radius 2 is 2.15 bits per heavy atom. The summed E-state index contributed by atoms with van der Waals surface area (Å²) in [5.74, 6) is 0.308. The number of carbonyl (C=O) groups is 1. The largest absolute Gasteiger partial charge is 0.388 e. The van der Waals surface area contributed by atoms with E-state index in [2.05, 4.69) is 5.32 Å². The molecule has 1 amide bonds. The van der Waals surface area contributed by atoms with Gasteiger partial charge in [-0.15, -0.1) is 0 Å².